The van der Waals surface area contributed by atoms with Crippen LogP contribution >= 0.6 is 0 Å². The van der Waals surface area contributed by atoms with Gasteiger partial charge >= 0.3 is 89.1 Å². The zero-order valence-corrected chi connectivity index (χ0v) is 21.6. The standard InChI is InChI=1S/C15HF29O2.C2H7N/c16-2(17,1(45)46)4(19,20)6(23,24)8(27,28)10(31,32)12(35,36)13(37,38)11(33,34)9(29,30)7(25,26)5(21,22)3(18,14(39,40)41)15(42,43)44;1-2-3/h(H,45,46);2-3H2,1H3. The topological polar surface area (TPSA) is 63.3 Å². The third kappa shape index (κ3) is 5.90. The van der Waals surface area contributed by atoms with Gasteiger partial charge in [0.2, 0.25) is 0 Å². The second-order valence-electron chi connectivity index (χ2n) is 8.69. The van der Waals surface area contributed by atoms with Crippen molar-refractivity contribution in [2.45, 2.75) is 90.1 Å². The first kappa shape index (κ1) is 48.5. The molecule has 0 aliphatic heterocycles. The Labute approximate surface area is 247 Å². The van der Waals surface area contributed by atoms with Gasteiger partial charge < -0.3 is 10.8 Å². The first-order chi connectivity index (χ1) is 20.6. The van der Waals surface area contributed by atoms with Crippen LogP contribution in [0.4, 0.5) is 127 Å². The van der Waals surface area contributed by atoms with E-state index in [4.69, 9.17) is 10.8 Å². The van der Waals surface area contributed by atoms with Gasteiger partial charge in [0.1, 0.15) is 0 Å². The highest BCUT2D eigenvalue weighted by atomic mass is 19.4. The predicted molar refractivity (Wildman–Crippen MR) is 92.7 cm³/mol. The molecule has 0 unspecified atom stereocenters. The van der Waals surface area contributed by atoms with Crippen LogP contribution in [-0.2, 0) is 4.79 Å². The number of aliphatic carboxylic acids is 1. The lowest BCUT2D eigenvalue weighted by molar-refractivity contribution is -0.488. The number of hydrogen-bond donors (Lipinski definition) is 2. The summed E-state index contributed by atoms with van der Waals surface area (Å²) in [7, 11) is 0. The molecule has 296 valence electrons. The third-order valence-corrected chi connectivity index (χ3v) is 5.43. The highest BCUT2D eigenvalue weighted by Gasteiger charge is 3.01. The minimum Gasteiger partial charge on any atom is -0.477 e. The van der Waals surface area contributed by atoms with Crippen LogP contribution in [0, 0.1) is 0 Å². The van der Waals surface area contributed by atoms with Crippen LogP contribution in [0.5, 0.6) is 0 Å². The molecule has 0 fully saturated rings. The molecular formula is C17H8F29NO2. The molecule has 0 aliphatic rings. The lowest BCUT2D eigenvalue weighted by Gasteiger charge is -2.46. The Morgan fingerprint density at radius 1 is 0.388 bits per heavy atom. The van der Waals surface area contributed by atoms with Crippen LogP contribution in [0.3, 0.4) is 0 Å². The van der Waals surface area contributed by atoms with Crippen molar-refractivity contribution in [2.24, 2.45) is 5.73 Å². The van der Waals surface area contributed by atoms with Gasteiger partial charge in [0.05, 0.1) is 0 Å². The molecule has 32 heteroatoms. The van der Waals surface area contributed by atoms with Crippen molar-refractivity contribution in [3.8, 4) is 0 Å². The number of nitrogens with two attached hydrogens (primary N) is 1. The molecule has 0 atom stereocenters. The molecule has 0 aliphatic carbocycles. The molecule has 0 aromatic heterocycles. The van der Waals surface area contributed by atoms with E-state index in [1.54, 1.807) is 0 Å². The second-order valence-corrected chi connectivity index (χ2v) is 8.69. The first-order valence-electron chi connectivity index (χ1n) is 10.5. The molecule has 0 radical (unpaired) electrons. The largest absolute Gasteiger partial charge is 0.477 e. The van der Waals surface area contributed by atoms with E-state index in [0.29, 0.717) is 0 Å². The van der Waals surface area contributed by atoms with E-state index >= 15 is 0 Å². The van der Waals surface area contributed by atoms with Gasteiger partial charge in [0.15, 0.2) is 0 Å². The van der Waals surface area contributed by atoms with E-state index in [1.807, 2.05) is 6.92 Å². The molecule has 0 aromatic rings. The second kappa shape index (κ2) is 12.3. The van der Waals surface area contributed by atoms with Crippen molar-refractivity contribution >= 4 is 5.97 Å². The molecule has 0 saturated heterocycles. The normalized spacial score (nSPS) is 16.3. The van der Waals surface area contributed by atoms with Gasteiger partial charge in [-0.1, -0.05) is 6.92 Å². The molecule has 0 spiro atoms. The van der Waals surface area contributed by atoms with Gasteiger partial charge in [-0.05, 0) is 6.54 Å². The molecule has 49 heavy (non-hydrogen) atoms. The highest BCUT2D eigenvalue weighted by Crippen LogP contribution is 2.69. The van der Waals surface area contributed by atoms with Crippen molar-refractivity contribution in [1.29, 1.82) is 0 Å². The van der Waals surface area contributed by atoms with Gasteiger partial charge in [-0.3, -0.25) is 0 Å². The number of alkyl halides is 29. The molecule has 3 nitrogen and oxygen atoms in total. The summed E-state index contributed by atoms with van der Waals surface area (Å²) in [5, 5.41) is 7.65. The summed E-state index contributed by atoms with van der Waals surface area (Å²) in [6.45, 7) is 2.65. The Balaban J connectivity index is 0. The predicted octanol–water partition coefficient (Wildman–Crippen LogP) is 8.86. The quantitative estimate of drug-likeness (QED) is 0.194. The minimum absolute atomic E-state index is 0.750. The monoisotopic (exact) mass is 809 g/mol. The number of carbonyl (C=O) groups is 1. The van der Waals surface area contributed by atoms with Crippen LogP contribution in [0.15, 0.2) is 0 Å². The Hall–Kier alpha value is -2.60. The van der Waals surface area contributed by atoms with Gasteiger partial charge in [-0.2, -0.15) is 123 Å². The van der Waals surface area contributed by atoms with E-state index in [-0.39, 0.29) is 0 Å². The van der Waals surface area contributed by atoms with Crippen LogP contribution in [-0.4, -0.2) is 101 Å². The Bertz CT molecular complexity index is 1160. The van der Waals surface area contributed by atoms with Gasteiger partial charge in [0, 0.05) is 0 Å². The van der Waals surface area contributed by atoms with Crippen molar-refractivity contribution in [1.82, 2.24) is 0 Å². The van der Waals surface area contributed by atoms with Crippen LogP contribution in [0.25, 0.3) is 0 Å². The summed E-state index contributed by atoms with van der Waals surface area (Å²) >= 11 is 0. The van der Waals surface area contributed by atoms with Crippen molar-refractivity contribution in [3.63, 3.8) is 0 Å². The lowest BCUT2D eigenvalue weighted by Crippen LogP contribution is -2.80. The average Bonchev–Trinajstić information content (AvgIpc) is 2.85. The van der Waals surface area contributed by atoms with E-state index in [1.165, 1.54) is 0 Å². The number of carboxylic acids is 1. The molecule has 0 heterocycles. The average molecular weight is 809 g/mol. The summed E-state index contributed by atoms with van der Waals surface area (Å²) in [4.78, 5) is 9.91. The highest BCUT2D eigenvalue weighted by molar-refractivity contribution is 5.77. The Morgan fingerprint density at radius 2 is 0.531 bits per heavy atom. The summed E-state index contributed by atoms with van der Waals surface area (Å²) in [5.41, 5.74) is -4.48. The third-order valence-electron chi connectivity index (χ3n) is 5.43. The van der Waals surface area contributed by atoms with Gasteiger partial charge in [0.25, 0.3) is 0 Å². The van der Waals surface area contributed by atoms with E-state index in [2.05, 4.69) is 0 Å². The fourth-order valence-electron chi connectivity index (χ4n) is 2.64. The smallest absolute Gasteiger partial charge is 0.438 e. The first-order valence-corrected chi connectivity index (χ1v) is 10.5. The van der Waals surface area contributed by atoms with Gasteiger partial charge in [-0.15, -0.1) is 0 Å². The SMILES string of the molecule is CCN.O=C(O)C(F)(F)C(F)(F)C(F)(F)C(F)(F)C(F)(F)C(F)(F)C(F)(F)C(F)(F)C(F)(F)C(F)(F)C(F)(F)C(F)(C(F)(F)F)C(F)(F)F. The van der Waals surface area contributed by atoms with Crippen molar-refractivity contribution in [3.05, 3.63) is 0 Å². The molecule has 0 rings (SSSR count). The maximum atomic E-state index is 13.6. The molecule has 3 N–H and O–H groups in total. The summed E-state index contributed by atoms with van der Waals surface area (Å²) in [6.07, 6.45) is -17.6. The molecule has 0 bridgehead atoms. The molecular weight excluding hydrogens is 801 g/mol. The number of carboxylic acid groups (broad SMARTS) is 1. The van der Waals surface area contributed by atoms with Crippen LogP contribution in [0.1, 0.15) is 6.92 Å². The number of rotatable bonds is 12. The maximum Gasteiger partial charge on any atom is 0.438 e. The summed E-state index contributed by atoms with van der Waals surface area (Å²) < 4.78 is 383. The van der Waals surface area contributed by atoms with E-state index < -0.39 is 89.1 Å². The Kier molecular flexibility index (Phi) is 12.1. The maximum absolute atomic E-state index is 13.6. The molecule has 0 amide bonds. The van der Waals surface area contributed by atoms with Crippen LogP contribution < -0.4 is 5.73 Å². The van der Waals surface area contributed by atoms with E-state index in [9.17, 15) is 132 Å². The van der Waals surface area contributed by atoms with Crippen LogP contribution in [0.2, 0.25) is 0 Å². The minimum atomic E-state index is -10.0. The fourth-order valence-corrected chi connectivity index (χ4v) is 2.64. The summed E-state index contributed by atoms with van der Waals surface area (Å²) in [6, 6.07) is 0. The van der Waals surface area contributed by atoms with Gasteiger partial charge in [-0.25, -0.2) is 9.18 Å². The van der Waals surface area contributed by atoms with E-state index in [0.717, 1.165) is 6.54 Å². The summed E-state index contributed by atoms with van der Waals surface area (Å²) in [5.74, 6) is -110. The Morgan fingerprint density at radius 3 is 0.673 bits per heavy atom. The van der Waals surface area contributed by atoms with Crippen molar-refractivity contribution in [2.75, 3.05) is 6.54 Å². The zero-order chi connectivity index (χ0) is 41.3. The lowest BCUT2D eigenvalue weighted by atomic mass is 9.81. The number of hydrogen-bond acceptors (Lipinski definition) is 2. The van der Waals surface area contributed by atoms with Crippen molar-refractivity contribution < 1.29 is 137 Å². The number of halogens is 29. The molecule has 0 aromatic carbocycles. The zero-order valence-electron chi connectivity index (χ0n) is 21.6. The molecule has 0 saturated carbocycles. The fraction of sp³-hybridized carbons (Fsp3) is 0.941.